The predicted octanol–water partition coefficient (Wildman–Crippen LogP) is 4.63. The second-order valence-electron chi connectivity index (χ2n) is 6.93. The van der Waals surface area contributed by atoms with Crippen LogP contribution in [0.25, 0.3) is 5.69 Å². The number of carbonyl (C=O) groups excluding carboxylic acids is 1. The van der Waals surface area contributed by atoms with E-state index in [0.717, 1.165) is 22.5 Å². The van der Waals surface area contributed by atoms with Crippen LogP contribution in [-0.2, 0) is 4.79 Å². The molecule has 0 fully saturated rings. The molecule has 7 nitrogen and oxygen atoms in total. The van der Waals surface area contributed by atoms with E-state index in [4.69, 9.17) is 30.9 Å². The largest absolute Gasteiger partial charge is 0.496 e. The zero-order chi connectivity index (χ0) is 22.1. The summed E-state index contributed by atoms with van der Waals surface area (Å²) < 4.78 is 18.3. The first-order chi connectivity index (χ1) is 15.0. The monoisotopic (exact) mass is 459 g/mol. The third-order valence-corrected chi connectivity index (χ3v) is 6.57. The number of ether oxygens (including phenoxy) is 3. The molecule has 31 heavy (non-hydrogen) atoms. The zero-order valence-corrected chi connectivity index (χ0v) is 19.1. The van der Waals surface area contributed by atoms with Gasteiger partial charge in [-0.1, -0.05) is 17.7 Å². The van der Waals surface area contributed by atoms with Crippen molar-refractivity contribution in [3.8, 4) is 22.9 Å². The number of rotatable bonds is 5. The van der Waals surface area contributed by atoms with E-state index < -0.39 is 0 Å². The average Bonchev–Trinajstić information content (AvgIpc) is 2.98. The zero-order valence-electron chi connectivity index (χ0n) is 17.6. The van der Waals surface area contributed by atoms with E-state index >= 15 is 0 Å². The Hall–Kier alpha value is -2.84. The van der Waals surface area contributed by atoms with Gasteiger partial charge in [0, 0.05) is 22.2 Å². The highest BCUT2D eigenvalue weighted by atomic mass is 35.5. The van der Waals surface area contributed by atoms with Crippen LogP contribution in [0.2, 0.25) is 5.02 Å². The summed E-state index contributed by atoms with van der Waals surface area (Å²) in [6.45, 7) is 1.93. The fourth-order valence-corrected chi connectivity index (χ4v) is 5.07. The molecule has 1 atom stereocenters. The molecule has 1 aliphatic rings. The lowest BCUT2D eigenvalue weighted by atomic mass is 10.0. The minimum Gasteiger partial charge on any atom is -0.496 e. The van der Waals surface area contributed by atoms with E-state index in [1.165, 1.54) is 11.8 Å². The van der Waals surface area contributed by atoms with Gasteiger partial charge in [0.15, 0.2) is 11.5 Å². The highest BCUT2D eigenvalue weighted by molar-refractivity contribution is 8.00. The fourth-order valence-electron chi connectivity index (χ4n) is 3.68. The van der Waals surface area contributed by atoms with Crippen LogP contribution in [0, 0.1) is 6.92 Å². The summed E-state index contributed by atoms with van der Waals surface area (Å²) in [5.74, 6) is 2.61. The SMILES string of the molecule is COc1cc(OC)c([C@H]2SCC(=O)Nc3c2c(C)nn3-c2cccc(Cl)c2)cc1OC. The van der Waals surface area contributed by atoms with Crippen molar-refractivity contribution in [2.24, 2.45) is 0 Å². The van der Waals surface area contributed by atoms with Crippen LogP contribution >= 0.6 is 23.4 Å². The number of hydrogen-bond donors (Lipinski definition) is 1. The second kappa shape index (κ2) is 8.72. The molecule has 2 aromatic carbocycles. The van der Waals surface area contributed by atoms with Gasteiger partial charge in [-0.2, -0.15) is 5.10 Å². The Labute approximate surface area is 189 Å². The van der Waals surface area contributed by atoms with Gasteiger partial charge >= 0.3 is 0 Å². The van der Waals surface area contributed by atoms with Gasteiger partial charge in [-0.3, -0.25) is 4.79 Å². The molecule has 1 N–H and O–H groups in total. The van der Waals surface area contributed by atoms with Gasteiger partial charge < -0.3 is 19.5 Å². The molecule has 1 aromatic heterocycles. The number of nitrogens with one attached hydrogen (secondary N) is 1. The van der Waals surface area contributed by atoms with E-state index in [1.807, 2.05) is 31.2 Å². The Morgan fingerprint density at radius 2 is 1.81 bits per heavy atom. The number of methoxy groups -OCH3 is 3. The number of amides is 1. The molecule has 1 aliphatic heterocycles. The lowest BCUT2D eigenvalue weighted by molar-refractivity contribution is -0.113. The molecule has 0 bridgehead atoms. The highest BCUT2D eigenvalue weighted by Gasteiger charge is 2.33. The van der Waals surface area contributed by atoms with Crippen LogP contribution in [0.5, 0.6) is 17.2 Å². The van der Waals surface area contributed by atoms with Crippen molar-refractivity contribution in [3.05, 3.63) is 58.2 Å². The molecular weight excluding hydrogens is 438 g/mol. The van der Waals surface area contributed by atoms with Gasteiger partial charge in [0.05, 0.1) is 43.7 Å². The number of benzene rings is 2. The quantitative estimate of drug-likeness (QED) is 0.599. The van der Waals surface area contributed by atoms with Crippen LogP contribution in [0.3, 0.4) is 0 Å². The van der Waals surface area contributed by atoms with Gasteiger partial charge in [0.25, 0.3) is 0 Å². The second-order valence-corrected chi connectivity index (χ2v) is 8.46. The van der Waals surface area contributed by atoms with Crippen molar-refractivity contribution in [1.29, 1.82) is 0 Å². The number of halogens is 1. The molecule has 0 spiro atoms. The molecule has 3 aromatic rings. The van der Waals surface area contributed by atoms with Crippen molar-refractivity contribution in [1.82, 2.24) is 9.78 Å². The summed E-state index contributed by atoms with van der Waals surface area (Å²) in [6.07, 6.45) is 0. The number of thioether (sulfide) groups is 1. The third kappa shape index (κ3) is 3.93. The van der Waals surface area contributed by atoms with E-state index in [1.54, 1.807) is 38.1 Å². The first-order valence-corrected chi connectivity index (χ1v) is 11.0. The molecule has 0 radical (unpaired) electrons. The summed E-state index contributed by atoms with van der Waals surface area (Å²) in [7, 11) is 4.78. The normalized spacial score (nSPS) is 15.6. The Morgan fingerprint density at radius 3 is 2.48 bits per heavy atom. The van der Waals surface area contributed by atoms with E-state index in [-0.39, 0.29) is 16.9 Å². The molecule has 0 unspecified atom stereocenters. The van der Waals surface area contributed by atoms with E-state index in [9.17, 15) is 4.79 Å². The fraction of sp³-hybridized carbons (Fsp3) is 0.273. The van der Waals surface area contributed by atoms with Crippen molar-refractivity contribution in [2.75, 3.05) is 32.4 Å². The molecule has 0 aliphatic carbocycles. The maximum absolute atomic E-state index is 12.6. The van der Waals surface area contributed by atoms with Crippen molar-refractivity contribution in [3.63, 3.8) is 0 Å². The number of aryl methyl sites for hydroxylation is 1. The van der Waals surface area contributed by atoms with Gasteiger partial charge in [-0.25, -0.2) is 4.68 Å². The molecule has 4 rings (SSSR count). The number of fused-ring (bicyclic) bond motifs is 1. The third-order valence-electron chi connectivity index (χ3n) is 5.08. The van der Waals surface area contributed by atoms with Gasteiger partial charge in [-0.05, 0) is 31.2 Å². The number of anilines is 1. The Kier molecular flexibility index (Phi) is 6.02. The summed E-state index contributed by atoms with van der Waals surface area (Å²) in [6, 6.07) is 11.0. The summed E-state index contributed by atoms with van der Waals surface area (Å²) in [5.41, 5.74) is 3.34. The molecule has 162 valence electrons. The van der Waals surface area contributed by atoms with Crippen molar-refractivity contribution < 1.29 is 19.0 Å². The van der Waals surface area contributed by atoms with Crippen LogP contribution in [0.1, 0.15) is 22.1 Å². The van der Waals surface area contributed by atoms with Gasteiger partial charge in [0.1, 0.15) is 11.6 Å². The molecule has 0 saturated carbocycles. The van der Waals surface area contributed by atoms with Crippen LogP contribution < -0.4 is 19.5 Å². The minimum absolute atomic E-state index is 0.101. The van der Waals surface area contributed by atoms with Gasteiger partial charge in [-0.15, -0.1) is 11.8 Å². The molecular formula is C22H22ClN3O4S. The molecule has 9 heteroatoms. The smallest absolute Gasteiger partial charge is 0.235 e. The van der Waals surface area contributed by atoms with Crippen molar-refractivity contribution >= 4 is 35.1 Å². The number of hydrogen-bond acceptors (Lipinski definition) is 6. The predicted molar refractivity (Wildman–Crippen MR) is 122 cm³/mol. The number of carbonyl (C=O) groups is 1. The Bertz CT molecular complexity index is 1150. The summed E-state index contributed by atoms with van der Waals surface area (Å²) in [5, 5.41) is 8.12. The Morgan fingerprint density at radius 1 is 1.10 bits per heavy atom. The topological polar surface area (TPSA) is 74.6 Å². The number of aromatic nitrogens is 2. The highest BCUT2D eigenvalue weighted by Crippen LogP contribution is 2.49. The van der Waals surface area contributed by atoms with Gasteiger partial charge in [0.2, 0.25) is 5.91 Å². The number of nitrogens with zero attached hydrogens (tertiary/aromatic N) is 2. The van der Waals surface area contributed by atoms with E-state index in [0.29, 0.717) is 28.1 Å². The minimum atomic E-state index is -0.211. The standard InChI is InChI=1S/C22H22ClN3O4S/c1-12-20-21(15-9-17(29-3)18(30-4)10-16(15)28-2)31-11-19(27)24-22(20)26(25-12)14-7-5-6-13(23)8-14/h5-10,21H,11H2,1-4H3,(H,24,27)/t21-/m1/s1. The maximum atomic E-state index is 12.6. The molecule has 0 saturated heterocycles. The molecule has 1 amide bonds. The van der Waals surface area contributed by atoms with Crippen molar-refractivity contribution in [2.45, 2.75) is 12.2 Å². The van der Waals surface area contributed by atoms with Crippen LogP contribution in [0.15, 0.2) is 36.4 Å². The summed E-state index contributed by atoms with van der Waals surface area (Å²) in [4.78, 5) is 12.6. The van der Waals surface area contributed by atoms with Crippen LogP contribution in [0.4, 0.5) is 5.82 Å². The maximum Gasteiger partial charge on any atom is 0.235 e. The first-order valence-electron chi connectivity index (χ1n) is 9.53. The summed E-state index contributed by atoms with van der Waals surface area (Å²) >= 11 is 7.70. The lowest BCUT2D eigenvalue weighted by Crippen LogP contribution is -2.15. The van der Waals surface area contributed by atoms with Crippen LogP contribution in [-0.4, -0.2) is 42.8 Å². The Balaban J connectivity index is 1.93. The lowest BCUT2D eigenvalue weighted by Gasteiger charge is -2.20. The average molecular weight is 460 g/mol. The first kappa shape index (κ1) is 21.4. The van der Waals surface area contributed by atoms with E-state index in [2.05, 4.69) is 5.32 Å². The molecule has 2 heterocycles.